The molecule has 0 saturated heterocycles. The fourth-order valence-corrected chi connectivity index (χ4v) is 2.31. The molecule has 0 saturated carbocycles. The van der Waals surface area contributed by atoms with E-state index in [1.54, 1.807) is 0 Å². The smallest absolute Gasteiger partial charge is 0.338 e. The van der Waals surface area contributed by atoms with Gasteiger partial charge in [-0.15, -0.1) is 11.3 Å². The van der Waals surface area contributed by atoms with Gasteiger partial charge in [-0.3, -0.25) is 0 Å². The van der Waals surface area contributed by atoms with Gasteiger partial charge in [-0.25, -0.2) is 14.2 Å². The Hall–Kier alpha value is -1.95. The molecule has 2 N–H and O–H groups in total. The summed E-state index contributed by atoms with van der Waals surface area (Å²) in [7, 11) is 0. The van der Waals surface area contributed by atoms with Gasteiger partial charge in [-0.1, -0.05) is 0 Å². The van der Waals surface area contributed by atoms with E-state index in [0.717, 1.165) is 21.6 Å². The number of hydrogen-bond donors (Lipinski definition) is 1. The standard InChI is InChI=1S/C13H13FN2O2S/c1-7-8(2)19-12(16-7)6-18-13(17)9-3-4-11(15)10(14)5-9/h3-5H,6,15H2,1-2H3. The number of nitrogen functional groups attached to an aromatic ring is 1. The molecule has 0 spiro atoms. The Morgan fingerprint density at radius 3 is 2.79 bits per heavy atom. The topological polar surface area (TPSA) is 65.2 Å². The van der Waals surface area contributed by atoms with Gasteiger partial charge in [0.1, 0.15) is 17.4 Å². The van der Waals surface area contributed by atoms with Crippen LogP contribution in [0.2, 0.25) is 0 Å². The Bertz CT molecular complexity index is 606. The van der Waals surface area contributed by atoms with Crippen LogP contribution in [0.4, 0.5) is 10.1 Å². The summed E-state index contributed by atoms with van der Waals surface area (Å²) in [4.78, 5) is 17.1. The fraction of sp³-hybridized carbons (Fsp3) is 0.231. The van der Waals surface area contributed by atoms with Crippen LogP contribution < -0.4 is 5.73 Å². The molecule has 0 radical (unpaired) electrons. The second kappa shape index (κ2) is 5.36. The third-order valence-electron chi connectivity index (χ3n) is 2.64. The Balaban J connectivity index is 2.03. The number of nitrogens with two attached hydrogens (primary N) is 1. The average molecular weight is 280 g/mol. The SMILES string of the molecule is Cc1nc(COC(=O)c2ccc(N)c(F)c2)sc1C. The van der Waals surface area contributed by atoms with Crippen molar-refractivity contribution in [2.75, 3.05) is 5.73 Å². The molecule has 0 amide bonds. The second-order valence-corrected chi connectivity index (χ2v) is 5.35. The third-order valence-corrected chi connectivity index (χ3v) is 3.68. The predicted octanol–water partition coefficient (Wildman–Crippen LogP) is 2.84. The van der Waals surface area contributed by atoms with Crippen LogP contribution in [0.3, 0.4) is 0 Å². The number of nitrogens with zero attached hydrogens (tertiary/aromatic N) is 1. The monoisotopic (exact) mass is 280 g/mol. The zero-order chi connectivity index (χ0) is 14.0. The van der Waals surface area contributed by atoms with Crippen molar-refractivity contribution in [1.29, 1.82) is 0 Å². The summed E-state index contributed by atoms with van der Waals surface area (Å²) < 4.78 is 18.3. The largest absolute Gasteiger partial charge is 0.455 e. The molecule has 0 bridgehead atoms. The maximum atomic E-state index is 13.2. The number of anilines is 1. The number of aryl methyl sites for hydroxylation is 2. The number of benzene rings is 1. The van der Waals surface area contributed by atoms with Crippen molar-refractivity contribution < 1.29 is 13.9 Å². The fourth-order valence-electron chi connectivity index (χ4n) is 1.47. The second-order valence-electron chi connectivity index (χ2n) is 4.06. The molecule has 1 heterocycles. The lowest BCUT2D eigenvalue weighted by Gasteiger charge is -2.03. The van der Waals surface area contributed by atoms with E-state index in [-0.39, 0.29) is 17.9 Å². The first-order chi connectivity index (χ1) is 8.97. The summed E-state index contributed by atoms with van der Waals surface area (Å²) in [5.41, 5.74) is 6.40. The number of esters is 1. The number of hydrogen-bond acceptors (Lipinski definition) is 5. The molecule has 6 heteroatoms. The van der Waals surface area contributed by atoms with E-state index < -0.39 is 11.8 Å². The molecular weight excluding hydrogens is 267 g/mol. The molecule has 19 heavy (non-hydrogen) atoms. The first-order valence-corrected chi connectivity index (χ1v) is 6.44. The minimum Gasteiger partial charge on any atom is -0.455 e. The molecule has 4 nitrogen and oxygen atoms in total. The van der Waals surface area contributed by atoms with E-state index >= 15 is 0 Å². The molecule has 0 aliphatic rings. The highest BCUT2D eigenvalue weighted by Crippen LogP contribution is 2.18. The quantitative estimate of drug-likeness (QED) is 0.693. The van der Waals surface area contributed by atoms with Gasteiger partial charge in [-0.05, 0) is 32.0 Å². The summed E-state index contributed by atoms with van der Waals surface area (Å²) in [5.74, 6) is -1.22. The molecule has 0 unspecified atom stereocenters. The highest BCUT2D eigenvalue weighted by molar-refractivity contribution is 7.11. The minimum atomic E-state index is -0.629. The number of halogens is 1. The molecule has 0 atom stereocenters. The number of carbonyl (C=O) groups excluding carboxylic acids is 1. The third kappa shape index (κ3) is 3.08. The Morgan fingerprint density at radius 1 is 1.47 bits per heavy atom. The van der Waals surface area contributed by atoms with E-state index in [1.165, 1.54) is 23.5 Å². The Morgan fingerprint density at radius 2 is 2.21 bits per heavy atom. The normalized spacial score (nSPS) is 10.5. The van der Waals surface area contributed by atoms with E-state index in [9.17, 15) is 9.18 Å². The lowest BCUT2D eigenvalue weighted by Crippen LogP contribution is -2.06. The van der Waals surface area contributed by atoms with E-state index in [1.807, 2.05) is 13.8 Å². The molecule has 2 aromatic rings. The minimum absolute atomic E-state index is 0.00252. The van der Waals surface area contributed by atoms with Gasteiger partial charge in [0.05, 0.1) is 16.9 Å². The van der Waals surface area contributed by atoms with Gasteiger partial charge in [0, 0.05) is 4.88 Å². The summed E-state index contributed by atoms with van der Waals surface area (Å²) >= 11 is 1.47. The van der Waals surface area contributed by atoms with Gasteiger partial charge in [0.2, 0.25) is 0 Å². The molecule has 0 aliphatic heterocycles. The van der Waals surface area contributed by atoms with Crippen LogP contribution >= 0.6 is 11.3 Å². The van der Waals surface area contributed by atoms with Crippen LogP contribution in [-0.4, -0.2) is 11.0 Å². The first-order valence-electron chi connectivity index (χ1n) is 5.62. The zero-order valence-corrected chi connectivity index (χ0v) is 11.4. The molecule has 0 fully saturated rings. The Labute approximate surface area is 114 Å². The number of ether oxygens (including phenoxy) is 1. The van der Waals surface area contributed by atoms with E-state index in [4.69, 9.17) is 10.5 Å². The predicted molar refractivity (Wildman–Crippen MR) is 71.5 cm³/mol. The average Bonchev–Trinajstić information content (AvgIpc) is 2.69. The van der Waals surface area contributed by atoms with Crippen molar-refractivity contribution in [3.05, 3.63) is 45.2 Å². The highest BCUT2D eigenvalue weighted by Gasteiger charge is 2.11. The van der Waals surface area contributed by atoms with Gasteiger partial charge >= 0.3 is 5.97 Å². The van der Waals surface area contributed by atoms with Crippen LogP contribution in [-0.2, 0) is 11.3 Å². The first kappa shape index (κ1) is 13.5. The van der Waals surface area contributed by atoms with Crippen molar-refractivity contribution in [3.63, 3.8) is 0 Å². The summed E-state index contributed by atoms with van der Waals surface area (Å²) in [6, 6.07) is 3.83. The maximum absolute atomic E-state index is 13.2. The molecule has 100 valence electrons. The van der Waals surface area contributed by atoms with Gasteiger partial charge in [0.15, 0.2) is 0 Å². The van der Waals surface area contributed by atoms with E-state index in [0.29, 0.717) is 0 Å². The summed E-state index contributed by atoms with van der Waals surface area (Å²) in [6.07, 6.45) is 0. The van der Waals surface area contributed by atoms with Crippen LogP contribution in [0, 0.1) is 19.7 Å². The lowest BCUT2D eigenvalue weighted by atomic mass is 10.2. The van der Waals surface area contributed by atoms with Crippen LogP contribution in [0.15, 0.2) is 18.2 Å². The van der Waals surface area contributed by atoms with Gasteiger partial charge in [0.25, 0.3) is 0 Å². The summed E-state index contributed by atoms with van der Waals surface area (Å²) in [6.45, 7) is 3.93. The highest BCUT2D eigenvalue weighted by atomic mass is 32.1. The van der Waals surface area contributed by atoms with Crippen molar-refractivity contribution in [2.45, 2.75) is 20.5 Å². The van der Waals surface area contributed by atoms with Gasteiger partial charge in [-0.2, -0.15) is 0 Å². The number of rotatable bonds is 3. The molecule has 0 aliphatic carbocycles. The number of carbonyl (C=O) groups is 1. The lowest BCUT2D eigenvalue weighted by molar-refractivity contribution is 0.0472. The van der Waals surface area contributed by atoms with Gasteiger partial charge < -0.3 is 10.5 Å². The van der Waals surface area contributed by atoms with Crippen LogP contribution in [0.1, 0.15) is 25.9 Å². The van der Waals surface area contributed by atoms with Crippen LogP contribution in [0.5, 0.6) is 0 Å². The van der Waals surface area contributed by atoms with Crippen molar-refractivity contribution >= 4 is 23.0 Å². The summed E-state index contributed by atoms with van der Waals surface area (Å²) in [5, 5.41) is 0.722. The van der Waals surface area contributed by atoms with Crippen molar-refractivity contribution in [2.24, 2.45) is 0 Å². The number of aromatic nitrogens is 1. The van der Waals surface area contributed by atoms with Crippen molar-refractivity contribution in [1.82, 2.24) is 4.98 Å². The Kier molecular flexibility index (Phi) is 3.80. The van der Waals surface area contributed by atoms with Crippen molar-refractivity contribution in [3.8, 4) is 0 Å². The van der Waals surface area contributed by atoms with E-state index in [2.05, 4.69) is 4.98 Å². The molecule has 1 aromatic heterocycles. The maximum Gasteiger partial charge on any atom is 0.338 e. The molecule has 1 aromatic carbocycles. The zero-order valence-electron chi connectivity index (χ0n) is 10.6. The van der Waals surface area contributed by atoms with Crippen LogP contribution in [0.25, 0.3) is 0 Å². The molecule has 2 rings (SSSR count). The molecular formula is C13H13FN2O2S. The number of thiazole rings is 1.